The molecule has 0 fully saturated rings. The van der Waals surface area contributed by atoms with Crippen molar-refractivity contribution in [1.82, 2.24) is 4.98 Å². The average Bonchev–Trinajstić information content (AvgIpc) is 2.41. The van der Waals surface area contributed by atoms with E-state index in [0.717, 1.165) is 5.56 Å². The predicted octanol–water partition coefficient (Wildman–Crippen LogP) is 1.37. The SMILES string of the molecule is NCc1ccnc(C(=O)Nc2ccc(N)cc2)c1. The van der Waals surface area contributed by atoms with Gasteiger partial charge in [0.05, 0.1) is 0 Å². The Morgan fingerprint density at radius 3 is 2.61 bits per heavy atom. The summed E-state index contributed by atoms with van der Waals surface area (Å²) in [6.07, 6.45) is 1.57. The standard InChI is InChI=1S/C13H14N4O/c14-8-9-5-6-16-12(7-9)13(18)17-11-3-1-10(15)2-4-11/h1-7H,8,14-15H2,(H,17,18). The van der Waals surface area contributed by atoms with E-state index >= 15 is 0 Å². The zero-order valence-electron chi connectivity index (χ0n) is 9.76. The molecular weight excluding hydrogens is 228 g/mol. The van der Waals surface area contributed by atoms with Crippen molar-refractivity contribution in [2.45, 2.75) is 6.54 Å². The van der Waals surface area contributed by atoms with E-state index in [1.165, 1.54) is 0 Å². The van der Waals surface area contributed by atoms with Gasteiger partial charge < -0.3 is 16.8 Å². The minimum Gasteiger partial charge on any atom is -0.399 e. The first-order valence-electron chi connectivity index (χ1n) is 5.51. The zero-order chi connectivity index (χ0) is 13.0. The molecule has 0 saturated carbocycles. The van der Waals surface area contributed by atoms with Crippen LogP contribution >= 0.6 is 0 Å². The second-order valence-electron chi connectivity index (χ2n) is 3.83. The third kappa shape index (κ3) is 2.83. The molecule has 0 aliphatic heterocycles. The largest absolute Gasteiger partial charge is 0.399 e. The molecule has 2 rings (SSSR count). The lowest BCUT2D eigenvalue weighted by Crippen LogP contribution is -2.14. The Balaban J connectivity index is 2.14. The fourth-order valence-electron chi connectivity index (χ4n) is 1.49. The van der Waals surface area contributed by atoms with Gasteiger partial charge in [0.2, 0.25) is 0 Å². The van der Waals surface area contributed by atoms with Crippen molar-refractivity contribution in [2.24, 2.45) is 5.73 Å². The summed E-state index contributed by atoms with van der Waals surface area (Å²) in [5.41, 5.74) is 13.6. The van der Waals surface area contributed by atoms with E-state index in [9.17, 15) is 4.79 Å². The van der Waals surface area contributed by atoms with E-state index in [2.05, 4.69) is 10.3 Å². The van der Waals surface area contributed by atoms with Crippen LogP contribution in [0.25, 0.3) is 0 Å². The van der Waals surface area contributed by atoms with Crippen molar-refractivity contribution in [2.75, 3.05) is 11.1 Å². The normalized spacial score (nSPS) is 10.1. The van der Waals surface area contributed by atoms with Gasteiger partial charge in [-0.15, -0.1) is 0 Å². The molecule has 1 heterocycles. The lowest BCUT2D eigenvalue weighted by molar-refractivity contribution is 0.102. The van der Waals surface area contributed by atoms with E-state index < -0.39 is 0 Å². The Hall–Kier alpha value is -2.40. The summed E-state index contributed by atoms with van der Waals surface area (Å²) in [5.74, 6) is -0.268. The Bertz CT molecular complexity index is 551. The Labute approximate surface area is 105 Å². The number of carbonyl (C=O) groups is 1. The molecule has 0 unspecified atom stereocenters. The molecule has 0 saturated heterocycles. The topological polar surface area (TPSA) is 94.0 Å². The van der Waals surface area contributed by atoms with Crippen LogP contribution < -0.4 is 16.8 Å². The highest BCUT2D eigenvalue weighted by Gasteiger charge is 2.07. The number of nitrogens with zero attached hydrogens (tertiary/aromatic N) is 1. The monoisotopic (exact) mass is 242 g/mol. The third-order valence-corrected chi connectivity index (χ3v) is 2.46. The molecule has 1 aromatic heterocycles. The molecule has 5 heteroatoms. The molecule has 92 valence electrons. The first kappa shape index (κ1) is 12.1. The molecule has 2 aromatic rings. The molecule has 0 radical (unpaired) electrons. The highest BCUT2D eigenvalue weighted by atomic mass is 16.1. The summed E-state index contributed by atoms with van der Waals surface area (Å²) in [6, 6.07) is 10.4. The van der Waals surface area contributed by atoms with E-state index in [1.807, 2.05) is 0 Å². The van der Waals surface area contributed by atoms with Crippen molar-refractivity contribution in [3.8, 4) is 0 Å². The van der Waals surface area contributed by atoms with Gasteiger partial charge in [0.25, 0.3) is 5.91 Å². The average molecular weight is 242 g/mol. The molecule has 18 heavy (non-hydrogen) atoms. The number of nitrogens with two attached hydrogens (primary N) is 2. The Kier molecular flexibility index (Phi) is 3.54. The molecule has 5 N–H and O–H groups in total. The third-order valence-electron chi connectivity index (χ3n) is 2.46. The number of hydrogen-bond acceptors (Lipinski definition) is 4. The zero-order valence-corrected chi connectivity index (χ0v) is 9.76. The van der Waals surface area contributed by atoms with Crippen molar-refractivity contribution < 1.29 is 4.79 Å². The smallest absolute Gasteiger partial charge is 0.274 e. The number of amides is 1. The van der Waals surface area contributed by atoms with Crippen LogP contribution in [0.2, 0.25) is 0 Å². The molecule has 0 bridgehead atoms. The van der Waals surface area contributed by atoms with Crippen LogP contribution in [0.3, 0.4) is 0 Å². The number of nitrogens with one attached hydrogen (secondary N) is 1. The summed E-state index contributed by atoms with van der Waals surface area (Å²) in [6.45, 7) is 0.380. The van der Waals surface area contributed by atoms with E-state index in [0.29, 0.717) is 23.6 Å². The second-order valence-corrected chi connectivity index (χ2v) is 3.83. The van der Waals surface area contributed by atoms with Crippen LogP contribution in [0.15, 0.2) is 42.6 Å². The van der Waals surface area contributed by atoms with Crippen molar-refractivity contribution >= 4 is 17.3 Å². The molecule has 0 aliphatic carbocycles. The van der Waals surface area contributed by atoms with Gasteiger partial charge in [-0.1, -0.05) is 0 Å². The molecule has 5 nitrogen and oxygen atoms in total. The van der Waals surface area contributed by atoms with E-state index in [1.54, 1.807) is 42.6 Å². The van der Waals surface area contributed by atoms with Crippen LogP contribution in [0, 0.1) is 0 Å². The van der Waals surface area contributed by atoms with E-state index in [4.69, 9.17) is 11.5 Å². The fraction of sp³-hybridized carbons (Fsp3) is 0.0769. The number of carbonyl (C=O) groups excluding carboxylic acids is 1. The molecular formula is C13H14N4O. The number of nitrogen functional groups attached to an aromatic ring is 1. The van der Waals surface area contributed by atoms with Crippen LogP contribution in [-0.2, 0) is 6.54 Å². The summed E-state index contributed by atoms with van der Waals surface area (Å²) in [5, 5.41) is 2.74. The summed E-state index contributed by atoms with van der Waals surface area (Å²) < 4.78 is 0. The van der Waals surface area contributed by atoms with Gasteiger partial charge in [-0.2, -0.15) is 0 Å². The van der Waals surface area contributed by atoms with Crippen molar-refractivity contribution in [3.63, 3.8) is 0 Å². The summed E-state index contributed by atoms with van der Waals surface area (Å²) in [4.78, 5) is 15.9. The van der Waals surface area contributed by atoms with E-state index in [-0.39, 0.29) is 5.91 Å². The fourth-order valence-corrected chi connectivity index (χ4v) is 1.49. The highest BCUT2D eigenvalue weighted by Crippen LogP contribution is 2.12. The van der Waals surface area contributed by atoms with Crippen LogP contribution in [0.4, 0.5) is 11.4 Å². The van der Waals surface area contributed by atoms with Gasteiger partial charge in [-0.25, -0.2) is 0 Å². The molecule has 0 aliphatic rings. The predicted molar refractivity (Wildman–Crippen MR) is 70.9 cm³/mol. The minimum atomic E-state index is -0.268. The molecule has 0 atom stereocenters. The van der Waals surface area contributed by atoms with Gasteiger partial charge in [0.15, 0.2) is 0 Å². The highest BCUT2D eigenvalue weighted by molar-refractivity contribution is 6.02. The number of anilines is 2. The summed E-state index contributed by atoms with van der Waals surface area (Å²) >= 11 is 0. The quantitative estimate of drug-likeness (QED) is 0.708. The van der Waals surface area contributed by atoms with Crippen LogP contribution in [-0.4, -0.2) is 10.9 Å². The maximum atomic E-state index is 11.9. The second kappa shape index (κ2) is 5.29. The number of rotatable bonds is 3. The maximum Gasteiger partial charge on any atom is 0.274 e. The number of benzene rings is 1. The van der Waals surface area contributed by atoms with Gasteiger partial charge in [0, 0.05) is 24.1 Å². The van der Waals surface area contributed by atoms with Crippen LogP contribution in [0.1, 0.15) is 16.1 Å². The lowest BCUT2D eigenvalue weighted by atomic mass is 10.2. The first-order valence-corrected chi connectivity index (χ1v) is 5.51. The Morgan fingerprint density at radius 2 is 1.94 bits per heavy atom. The van der Waals surface area contributed by atoms with Gasteiger partial charge in [-0.3, -0.25) is 9.78 Å². The number of pyridine rings is 1. The number of hydrogen-bond donors (Lipinski definition) is 3. The Morgan fingerprint density at radius 1 is 1.22 bits per heavy atom. The van der Waals surface area contributed by atoms with Gasteiger partial charge in [0.1, 0.15) is 5.69 Å². The van der Waals surface area contributed by atoms with Crippen LogP contribution in [0.5, 0.6) is 0 Å². The summed E-state index contributed by atoms with van der Waals surface area (Å²) in [7, 11) is 0. The molecule has 1 aromatic carbocycles. The minimum absolute atomic E-state index is 0.268. The van der Waals surface area contributed by atoms with Gasteiger partial charge >= 0.3 is 0 Å². The first-order chi connectivity index (χ1) is 8.69. The van der Waals surface area contributed by atoms with Crippen molar-refractivity contribution in [3.05, 3.63) is 53.9 Å². The molecule has 0 spiro atoms. The van der Waals surface area contributed by atoms with Crippen molar-refractivity contribution in [1.29, 1.82) is 0 Å². The lowest BCUT2D eigenvalue weighted by Gasteiger charge is -2.05. The maximum absolute atomic E-state index is 11.9. The number of aromatic nitrogens is 1. The van der Waals surface area contributed by atoms with Gasteiger partial charge in [-0.05, 0) is 42.0 Å². The molecule has 1 amide bonds.